The lowest BCUT2D eigenvalue weighted by atomic mass is 10.5. The van der Waals surface area contributed by atoms with E-state index in [0.717, 1.165) is 13.0 Å². The predicted octanol–water partition coefficient (Wildman–Crippen LogP) is 0.450. The molecule has 0 amide bonds. The fourth-order valence-corrected chi connectivity index (χ4v) is 0.299. The van der Waals surface area contributed by atoms with Crippen molar-refractivity contribution in [2.75, 3.05) is 13.1 Å². The molecule has 7 heavy (non-hydrogen) atoms. The molecule has 0 atom stereocenters. The van der Waals surface area contributed by atoms with Gasteiger partial charge in [-0.1, -0.05) is 6.92 Å². The molecule has 0 aliphatic carbocycles. The number of hydrogen-bond donors (Lipinski definition) is 2. The molecule has 0 fully saturated rings. The minimum Gasteiger partial charge on any atom is -0.312 e. The standard InChI is InChI=1S/C5H11N2/c1-2-4-7-5-3-6/h3,6-7H,1-2,4-5H2. The lowest BCUT2D eigenvalue weighted by Crippen LogP contribution is -2.16. The highest BCUT2D eigenvalue weighted by atomic mass is 14.8. The summed E-state index contributed by atoms with van der Waals surface area (Å²) in [6.07, 6.45) is 2.24. The molecule has 2 N–H and O–H groups in total. The van der Waals surface area contributed by atoms with Crippen LogP contribution in [0.1, 0.15) is 6.42 Å². The van der Waals surface area contributed by atoms with Gasteiger partial charge in [-0.3, -0.25) is 0 Å². The van der Waals surface area contributed by atoms with E-state index in [2.05, 4.69) is 12.2 Å². The maximum absolute atomic E-state index is 6.57. The van der Waals surface area contributed by atoms with E-state index in [9.17, 15) is 0 Å². The first kappa shape index (κ1) is 6.63. The van der Waals surface area contributed by atoms with Crippen molar-refractivity contribution in [2.24, 2.45) is 0 Å². The van der Waals surface area contributed by atoms with Crippen LogP contribution in [0.15, 0.2) is 0 Å². The van der Waals surface area contributed by atoms with Gasteiger partial charge in [-0.15, -0.1) is 0 Å². The van der Waals surface area contributed by atoms with Crippen molar-refractivity contribution in [1.29, 1.82) is 5.41 Å². The largest absolute Gasteiger partial charge is 0.312 e. The van der Waals surface area contributed by atoms with E-state index in [-0.39, 0.29) is 0 Å². The molecule has 0 unspecified atom stereocenters. The summed E-state index contributed by atoms with van der Waals surface area (Å²) in [4.78, 5) is 0. The lowest BCUT2D eigenvalue weighted by molar-refractivity contribution is 0.774. The molecule has 0 aromatic rings. The Morgan fingerprint density at radius 3 is 2.86 bits per heavy atom. The van der Waals surface area contributed by atoms with Gasteiger partial charge in [0.05, 0.1) is 0 Å². The molecule has 0 aromatic heterocycles. The van der Waals surface area contributed by atoms with Crippen molar-refractivity contribution in [3.05, 3.63) is 6.92 Å². The Bertz CT molecular complexity index is 43.3. The van der Waals surface area contributed by atoms with Gasteiger partial charge in [-0.2, -0.15) is 0 Å². The average Bonchev–Trinajstić information content (AvgIpc) is 1.69. The first-order valence-electron chi connectivity index (χ1n) is 2.40. The van der Waals surface area contributed by atoms with Crippen molar-refractivity contribution in [1.82, 2.24) is 5.32 Å². The Kier molecular flexibility index (Phi) is 5.33. The summed E-state index contributed by atoms with van der Waals surface area (Å²) in [5.41, 5.74) is 0. The van der Waals surface area contributed by atoms with Crippen molar-refractivity contribution in [2.45, 2.75) is 6.42 Å². The highest BCUT2D eigenvalue weighted by Gasteiger charge is 1.74. The van der Waals surface area contributed by atoms with E-state index in [0.29, 0.717) is 6.54 Å². The van der Waals surface area contributed by atoms with Crippen molar-refractivity contribution < 1.29 is 0 Å². The Morgan fingerprint density at radius 1 is 1.71 bits per heavy atom. The minimum absolute atomic E-state index is 0.676. The van der Waals surface area contributed by atoms with Crippen molar-refractivity contribution in [3.63, 3.8) is 0 Å². The molecular formula is C5H11N2. The summed E-state index contributed by atoms with van der Waals surface area (Å²) in [5.74, 6) is 0. The zero-order chi connectivity index (χ0) is 5.54. The van der Waals surface area contributed by atoms with Crippen LogP contribution < -0.4 is 5.32 Å². The topological polar surface area (TPSA) is 35.9 Å². The molecule has 0 saturated heterocycles. The van der Waals surface area contributed by atoms with Gasteiger partial charge in [-0.25, -0.2) is 0 Å². The molecule has 0 bridgehead atoms. The molecule has 0 rings (SSSR count). The van der Waals surface area contributed by atoms with Crippen LogP contribution in [-0.4, -0.2) is 19.3 Å². The van der Waals surface area contributed by atoms with Crippen LogP contribution in [0.4, 0.5) is 0 Å². The average molecular weight is 99.2 g/mol. The smallest absolute Gasteiger partial charge is 0.0302 e. The van der Waals surface area contributed by atoms with Crippen molar-refractivity contribution >= 4 is 6.21 Å². The molecule has 0 aliphatic rings. The second-order valence-electron chi connectivity index (χ2n) is 1.26. The maximum Gasteiger partial charge on any atom is 0.0302 e. The van der Waals surface area contributed by atoms with Gasteiger partial charge in [0.1, 0.15) is 0 Å². The predicted molar refractivity (Wildman–Crippen MR) is 31.6 cm³/mol. The molecular weight excluding hydrogens is 88.1 g/mol. The van der Waals surface area contributed by atoms with Gasteiger partial charge in [0.15, 0.2) is 0 Å². The lowest BCUT2D eigenvalue weighted by Gasteiger charge is -1.92. The van der Waals surface area contributed by atoms with Crippen LogP contribution >= 0.6 is 0 Å². The summed E-state index contributed by atoms with van der Waals surface area (Å²) >= 11 is 0. The van der Waals surface area contributed by atoms with Crippen LogP contribution in [0.3, 0.4) is 0 Å². The molecule has 41 valence electrons. The normalized spacial score (nSPS) is 8.71. The zero-order valence-corrected chi connectivity index (χ0v) is 4.41. The third kappa shape index (κ3) is 5.63. The third-order valence-corrected chi connectivity index (χ3v) is 0.600. The Balaban J connectivity index is 2.56. The second kappa shape index (κ2) is 5.63. The van der Waals surface area contributed by atoms with Gasteiger partial charge < -0.3 is 10.7 Å². The highest BCUT2D eigenvalue weighted by molar-refractivity contribution is 5.55. The molecule has 0 aromatic carbocycles. The fraction of sp³-hybridized carbons (Fsp3) is 0.600. The maximum atomic E-state index is 6.57. The fourth-order valence-electron chi connectivity index (χ4n) is 0.299. The van der Waals surface area contributed by atoms with E-state index in [1.807, 2.05) is 0 Å². The van der Waals surface area contributed by atoms with Gasteiger partial charge >= 0.3 is 0 Å². The second-order valence-corrected chi connectivity index (χ2v) is 1.26. The van der Waals surface area contributed by atoms with Gasteiger partial charge in [0.2, 0.25) is 0 Å². The first-order chi connectivity index (χ1) is 3.41. The molecule has 2 nitrogen and oxygen atoms in total. The summed E-state index contributed by atoms with van der Waals surface area (Å²) < 4.78 is 0. The Hall–Kier alpha value is -0.370. The Labute approximate surface area is 44.4 Å². The number of rotatable bonds is 4. The Morgan fingerprint density at radius 2 is 2.43 bits per heavy atom. The summed E-state index contributed by atoms with van der Waals surface area (Å²) in [6, 6.07) is 0. The quantitative estimate of drug-likeness (QED) is 0.389. The monoisotopic (exact) mass is 99.1 g/mol. The molecule has 0 aliphatic heterocycles. The van der Waals surface area contributed by atoms with E-state index >= 15 is 0 Å². The van der Waals surface area contributed by atoms with Crippen LogP contribution in [-0.2, 0) is 0 Å². The van der Waals surface area contributed by atoms with Gasteiger partial charge in [0, 0.05) is 12.8 Å². The van der Waals surface area contributed by atoms with E-state index < -0.39 is 0 Å². The number of nitrogens with one attached hydrogen (secondary N) is 2. The first-order valence-corrected chi connectivity index (χ1v) is 2.40. The molecule has 1 radical (unpaired) electrons. The number of hydrogen-bond acceptors (Lipinski definition) is 2. The van der Waals surface area contributed by atoms with E-state index in [1.165, 1.54) is 6.21 Å². The van der Waals surface area contributed by atoms with Crippen LogP contribution in [0.5, 0.6) is 0 Å². The van der Waals surface area contributed by atoms with Gasteiger partial charge in [0.25, 0.3) is 0 Å². The molecule has 0 heterocycles. The molecule has 0 spiro atoms. The van der Waals surface area contributed by atoms with Crippen LogP contribution in [0, 0.1) is 12.3 Å². The minimum atomic E-state index is 0.676. The van der Waals surface area contributed by atoms with Gasteiger partial charge in [-0.05, 0) is 13.0 Å². The molecule has 0 saturated carbocycles. The molecule has 2 heteroatoms. The van der Waals surface area contributed by atoms with E-state index in [4.69, 9.17) is 5.41 Å². The SMILES string of the molecule is [CH2]CCNCC=N. The summed E-state index contributed by atoms with van der Waals surface area (Å²) in [5, 5.41) is 9.55. The summed E-state index contributed by atoms with van der Waals surface area (Å²) in [7, 11) is 0. The van der Waals surface area contributed by atoms with E-state index in [1.54, 1.807) is 0 Å². The summed E-state index contributed by atoms with van der Waals surface area (Å²) in [6.45, 7) is 5.21. The van der Waals surface area contributed by atoms with Crippen LogP contribution in [0.25, 0.3) is 0 Å². The highest BCUT2D eigenvalue weighted by Crippen LogP contribution is 1.64. The third-order valence-electron chi connectivity index (χ3n) is 0.600. The van der Waals surface area contributed by atoms with Crippen LogP contribution in [0.2, 0.25) is 0 Å². The van der Waals surface area contributed by atoms with Crippen molar-refractivity contribution in [3.8, 4) is 0 Å². The zero-order valence-electron chi connectivity index (χ0n) is 4.41.